The van der Waals surface area contributed by atoms with Crippen LogP contribution in [0, 0.1) is 5.41 Å². The quantitative estimate of drug-likeness (QED) is 0.700. The summed E-state index contributed by atoms with van der Waals surface area (Å²) in [6, 6.07) is 0.520. The molecule has 1 aromatic rings. The Balaban J connectivity index is 2.21. The van der Waals surface area contributed by atoms with Gasteiger partial charge in [0.05, 0.1) is 6.04 Å². The number of nitrogens with zero attached hydrogens (tertiary/aromatic N) is 3. The smallest absolute Gasteiger partial charge is 0.137 e. The van der Waals surface area contributed by atoms with Crippen LogP contribution >= 0.6 is 0 Å². The lowest BCUT2D eigenvalue weighted by atomic mass is 9.87. The number of aromatic nitrogens is 3. The van der Waals surface area contributed by atoms with Gasteiger partial charge < -0.3 is 5.73 Å². The normalized spacial score (nSPS) is 32.2. The van der Waals surface area contributed by atoms with Gasteiger partial charge in [-0.15, -0.1) is 0 Å². The summed E-state index contributed by atoms with van der Waals surface area (Å²) >= 11 is 0. The first-order valence-corrected chi connectivity index (χ1v) is 4.71. The van der Waals surface area contributed by atoms with Crippen LogP contribution in [-0.2, 0) is 0 Å². The summed E-state index contributed by atoms with van der Waals surface area (Å²) in [5.41, 5.74) is 6.39. The van der Waals surface area contributed by atoms with E-state index < -0.39 is 0 Å². The first-order valence-electron chi connectivity index (χ1n) is 4.71. The van der Waals surface area contributed by atoms with Gasteiger partial charge in [0.15, 0.2) is 0 Å². The summed E-state index contributed by atoms with van der Waals surface area (Å²) in [7, 11) is 0. The summed E-state index contributed by atoms with van der Waals surface area (Å²) in [6.45, 7) is 4.43. The lowest BCUT2D eigenvalue weighted by Gasteiger charge is -2.26. The third-order valence-corrected chi connectivity index (χ3v) is 3.18. The van der Waals surface area contributed by atoms with Crippen LogP contribution in [0.3, 0.4) is 0 Å². The lowest BCUT2D eigenvalue weighted by Crippen LogP contribution is -2.38. The van der Waals surface area contributed by atoms with Gasteiger partial charge in [-0.25, -0.2) is 9.67 Å². The second kappa shape index (κ2) is 2.80. The predicted molar refractivity (Wildman–Crippen MR) is 50.0 cm³/mol. The van der Waals surface area contributed by atoms with Gasteiger partial charge in [0.2, 0.25) is 0 Å². The lowest BCUT2D eigenvalue weighted by molar-refractivity contribution is 0.291. The first kappa shape index (κ1) is 8.69. The molecule has 4 nitrogen and oxygen atoms in total. The van der Waals surface area contributed by atoms with Gasteiger partial charge in [-0.1, -0.05) is 13.8 Å². The van der Waals surface area contributed by atoms with Crippen molar-refractivity contribution < 1.29 is 0 Å². The zero-order valence-electron chi connectivity index (χ0n) is 8.14. The van der Waals surface area contributed by atoms with Crippen molar-refractivity contribution in [3.63, 3.8) is 0 Å². The highest BCUT2D eigenvalue weighted by molar-refractivity contribution is 4.96. The Kier molecular flexibility index (Phi) is 1.87. The summed E-state index contributed by atoms with van der Waals surface area (Å²) in [5.74, 6) is 0. The molecule has 2 atom stereocenters. The summed E-state index contributed by atoms with van der Waals surface area (Å²) in [5, 5.41) is 4.14. The molecule has 0 aliphatic heterocycles. The fourth-order valence-electron chi connectivity index (χ4n) is 2.07. The standard InChI is InChI=1S/C9H16N4/c1-9(2)4-3-7(8(9)10)13-6-11-5-12-13/h5-8H,3-4,10H2,1-2H3. The predicted octanol–water partition coefficient (Wildman–Crippen LogP) is 0.966. The van der Waals surface area contributed by atoms with Crippen LogP contribution in [0.1, 0.15) is 32.7 Å². The molecule has 0 aromatic carbocycles. The van der Waals surface area contributed by atoms with E-state index in [9.17, 15) is 0 Å². The molecular weight excluding hydrogens is 164 g/mol. The zero-order chi connectivity index (χ0) is 9.47. The van der Waals surface area contributed by atoms with Crippen molar-refractivity contribution in [2.75, 3.05) is 0 Å². The molecule has 4 heteroatoms. The minimum absolute atomic E-state index is 0.189. The van der Waals surface area contributed by atoms with Crippen LogP contribution in [-0.4, -0.2) is 20.8 Å². The molecular formula is C9H16N4. The van der Waals surface area contributed by atoms with E-state index in [0.29, 0.717) is 6.04 Å². The van der Waals surface area contributed by atoms with Gasteiger partial charge in [-0.2, -0.15) is 5.10 Å². The molecule has 2 N–H and O–H groups in total. The third-order valence-electron chi connectivity index (χ3n) is 3.18. The molecule has 1 saturated carbocycles. The molecule has 1 heterocycles. The van der Waals surface area contributed by atoms with Gasteiger partial charge in [-0.3, -0.25) is 0 Å². The van der Waals surface area contributed by atoms with E-state index in [1.165, 1.54) is 6.42 Å². The Labute approximate surface area is 78.1 Å². The average Bonchev–Trinajstić information content (AvgIpc) is 2.63. The molecule has 1 aliphatic carbocycles. The van der Waals surface area contributed by atoms with Crippen molar-refractivity contribution in [1.29, 1.82) is 0 Å². The van der Waals surface area contributed by atoms with Gasteiger partial charge >= 0.3 is 0 Å². The summed E-state index contributed by atoms with van der Waals surface area (Å²) < 4.78 is 1.89. The summed E-state index contributed by atoms with van der Waals surface area (Å²) in [4.78, 5) is 3.95. The molecule has 2 unspecified atom stereocenters. The van der Waals surface area contributed by atoms with Gasteiger partial charge in [0.25, 0.3) is 0 Å². The van der Waals surface area contributed by atoms with E-state index in [-0.39, 0.29) is 11.5 Å². The maximum atomic E-state index is 6.16. The van der Waals surface area contributed by atoms with Gasteiger partial charge in [0, 0.05) is 6.04 Å². The SMILES string of the molecule is CC1(C)CCC(n2cncn2)C1N. The minimum Gasteiger partial charge on any atom is -0.325 e. The highest BCUT2D eigenvalue weighted by Crippen LogP contribution is 2.41. The molecule has 2 rings (SSSR count). The van der Waals surface area contributed by atoms with E-state index >= 15 is 0 Å². The maximum Gasteiger partial charge on any atom is 0.137 e. The Bertz CT molecular complexity index is 278. The molecule has 0 radical (unpaired) electrons. The van der Waals surface area contributed by atoms with Crippen molar-refractivity contribution in [2.24, 2.45) is 11.1 Å². The van der Waals surface area contributed by atoms with Crippen molar-refractivity contribution in [2.45, 2.75) is 38.8 Å². The van der Waals surface area contributed by atoms with Crippen LogP contribution < -0.4 is 5.73 Å². The highest BCUT2D eigenvalue weighted by atomic mass is 15.3. The molecule has 0 spiro atoms. The fraction of sp³-hybridized carbons (Fsp3) is 0.778. The molecule has 1 aliphatic rings. The molecule has 0 amide bonds. The fourth-order valence-corrected chi connectivity index (χ4v) is 2.07. The van der Waals surface area contributed by atoms with Crippen molar-refractivity contribution in [3.8, 4) is 0 Å². The number of nitrogens with two attached hydrogens (primary N) is 1. The Morgan fingerprint density at radius 1 is 1.54 bits per heavy atom. The minimum atomic E-state index is 0.189. The van der Waals surface area contributed by atoms with Gasteiger partial charge in [0.1, 0.15) is 12.7 Å². The summed E-state index contributed by atoms with van der Waals surface area (Å²) in [6.07, 6.45) is 5.60. The number of hydrogen-bond donors (Lipinski definition) is 1. The van der Waals surface area contributed by atoms with Gasteiger partial charge in [-0.05, 0) is 18.3 Å². The Hall–Kier alpha value is -0.900. The van der Waals surface area contributed by atoms with Crippen LogP contribution in [0.2, 0.25) is 0 Å². The van der Waals surface area contributed by atoms with E-state index in [2.05, 4.69) is 23.9 Å². The molecule has 1 fully saturated rings. The first-order chi connectivity index (χ1) is 6.11. The largest absolute Gasteiger partial charge is 0.325 e. The molecule has 72 valence electrons. The second-order valence-electron chi connectivity index (χ2n) is 4.50. The van der Waals surface area contributed by atoms with Crippen molar-refractivity contribution >= 4 is 0 Å². The van der Waals surface area contributed by atoms with Crippen LogP contribution in [0.4, 0.5) is 0 Å². The molecule has 1 aromatic heterocycles. The molecule has 0 saturated heterocycles. The van der Waals surface area contributed by atoms with E-state index in [0.717, 1.165) is 6.42 Å². The van der Waals surface area contributed by atoms with Crippen molar-refractivity contribution in [1.82, 2.24) is 14.8 Å². The van der Waals surface area contributed by atoms with E-state index in [1.807, 2.05) is 4.68 Å². The average molecular weight is 180 g/mol. The topological polar surface area (TPSA) is 56.7 Å². The highest BCUT2D eigenvalue weighted by Gasteiger charge is 2.40. The molecule has 13 heavy (non-hydrogen) atoms. The van der Waals surface area contributed by atoms with E-state index in [4.69, 9.17) is 5.73 Å². The van der Waals surface area contributed by atoms with Crippen LogP contribution in [0.25, 0.3) is 0 Å². The van der Waals surface area contributed by atoms with E-state index in [1.54, 1.807) is 12.7 Å². The number of hydrogen-bond acceptors (Lipinski definition) is 3. The second-order valence-corrected chi connectivity index (χ2v) is 4.50. The maximum absolute atomic E-state index is 6.16. The number of rotatable bonds is 1. The van der Waals surface area contributed by atoms with Crippen LogP contribution in [0.5, 0.6) is 0 Å². The Morgan fingerprint density at radius 2 is 2.31 bits per heavy atom. The monoisotopic (exact) mass is 180 g/mol. The Morgan fingerprint density at radius 3 is 2.77 bits per heavy atom. The third kappa shape index (κ3) is 1.35. The zero-order valence-corrected chi connectivity index (χ0v) is 8.14. The molecule has 0 bridgehead atoms. The van der Waals surface area contributed by atoms with Crippen molar-refractivity contribution in [3.05, 3.63) is 12.7 Å². The van der Waals surface area contributed by atoms with Crippen LogP contribution in [0.15, 0.2) is 12.7 Å².